The number of carboxylic acids is 1. The average molecular weight is 270 g/mol. The molecule has 1 fully saturated rings. The summed E-state index contributed by atoms with van der Waals surface area (Å²) in [6.45, 7) is 8.99. The fourth-order valence-corrected chi connectivity index (χ4v) is 2.59. The molecule has 1 unspecified atom stereocenters. The van der Waals surface area contributed by atoms with E-state index in [1.54, 1.807) is 4.90 Å². The Balaban J connectivity index is 2.79. The van der Waals surface area contributed by atoms with Crippen molar-refractivity contribution in [1.82, 2.24) is 9.80 Å². The molecule has 0 saturated carbocycles. The summed E-state index contributed by atoms with van der Waals surface area (Å²) in [7, 11) is 0. The minimum Gasteiger partial charge on any atom is -0.481 e. The molecular weight excluding hydrogens is 244 g/mol. The highest BCUT2D eigenvalue weighted by molar-refractivity contribution is 5.77. The molecule has 0 radical (unpaired) electrons. The highest BCUT2D eigenvalue weighted by Crippen LogP contribution is 2.24. The Morgan fingerprint density at radius 3 is 2.47 bits per heavy atom. The number of amides is 2. The Kier molecular flexibility index (Phi) is 5.20. The number of carbonyl (C=O) groups excluding carboxylic acids is 1. The van der Waals surface area contributed by atoms with Crippen LogP contribution >= 0.6 is 0 Å². The second-order valence-electron chi connectivity index (χ2n) is 6.15. The molecule has 1 rings (SSSR count). The molecule has 0 aromatic heterocycles. The van der Waals surface area contributed by atoms with Crippen LogP contribution in [0, 0.1) is 0 Å². The van der Waals surface area contributed by atoms with E-state index in [0.29, 0.717) is 6.04 Å². The van der Waals surface area contributed by atoms with E-state index >= 15 is 0 Å². The lowest BCUT2D eigenvalue weighted by Gasteiger charge is -2.39. The first-order valence-electron chi connectivity index (χ1n) is 7.07. The van der Waals surface area contributed by atoms with Gasteiger partial charge < -0.3 is 14.9 Å². The van der Waals surface area contributed by atoms with Gasteiger partial charge in [-0.05, 0) is 40.0 Å². The molecular formula is C14H26N2O3. The fraction of sp³-hybridized carbons (Fsp3) is 0.857. The van der Waals surface area contributed by atoms with Crippen molar-refractivity contribution in [3.05, 3.63) is 0 Å². The Bertz CT molecular complexity index is 336. The van der Waals surface area contributed by atoms with Gasteiger partial charge in [-0.2, -0.15) is 0 Å². The van der Waals surface area contributed by atoms with Gasteiger partial charge in [0, 0.05) is 24.7 Å². The number of aliphatic carboxylic acids is 1. The summed E-state index contributed by atoms with van der Waals surface area (Å²) in [5.74, 6) is -0.865. The summed E-state index contributed by atoms with van der Waals surface area (Å²) in [5, 5.41) is 8.82. The van der Waals surface area contributed by atoms with Crippen molar-refractivity contribution >= 4 is 12.0 Å². The zero-order valence-electron chi connectivity index (χ0n) is 12.5. The molecule has 0 aliphatic carbocycles. The summed E-state index contributed by atoms with van der Waals surface area (Å²) >= 11 is 0. The first kappa shape index (κ1) is 15.8. The van der Waals surface area contributed by atoms with Crippen LogP contribution in [0.3, 0.4) is 0 Å². The molecule has 1 N–H and O–H groups in total. The van der Waals surface area contributed by atoms with Gasteiger partial charge in [-0.1, -0.05) is 6.92 Å². The van der Waals surface area contributed by atoms with Crippen LogP contribution in [-0.4, -0.2) is 51.6 Å². The molecule has 19 heavy (non-hydrogen) atoms. The SMILES string of the molecule is CCC1CCCN1C(=O)N(CCC(=O)O)C(C)(C)C. The third-order valence-corrected chi connectivity index (χ3v) is 3.68. The van der Waals surface area contributed by atoms with Crippen molar-refractivity contribution in [2.75, 3.05) is 13.1 Å². The molecule has 1 atom stereocenters. The van der Waals surface area contributed by atoms with Crippen LogP contribution in [-0.2, 0) is 4.79 Å². The minimum absolute atomic E-state index is 0.00631. The number of carboxylic acid groups (broad SMARTS) is 1. The molecule has 1 aliphatic rings. The first-order chi connectivity index (χ1) is 8.77. The van der Waals surface area contributed by atoms with E-state index in [9.17, 15) is 9.59 Å². The van der Waals surface area contributed by atoms with E-state index < -0.39 is 5.97 Å². The molecule has 0 aromatic rings. The fourth-order valence-electron chi connectivity index (χ4n) is 2.59. The van der Waals surface area contributed by atoms with E-state index in [0.717, 1.165) is 25.8 Å². The second-order valence-corrected chi connectivity index (χ2v) is 6.15. The molecule has 110 valence electrons. The largest absolute Gasteiger partial charge is 0.481 e. The van der Waals surface area contributed by atoms with Gasteiger partial charge in [0.15, 0.2) is 0 Å². The van der Waals surface area contributed by atoms with Gasteiger partial charge in [-0.3, -0.25) is 4.79 Å². The highest BCUT2D eigenvalue weighted by atomic mass is 16.4. The maximum atomic E-state index is 12.6. The first-order valence-corrected chi connectivity index (χ1v) is 7.07. The van der Waals surface area contributed by atoms with E-state index in [1.165, 1.54) is 0 Å². The molecule has 2 amide bonds. The number of urea groups is 1. The van der Waals surface area contributed by atoms with Crippen molar-refractivity contribution in [2.45, 2.75) is 65.0 Å². The maximum absolute atomic E-state index is 12.6. The van der Waals surface area contributed by atoms with Crippen LogP contribution < -0.4 is 0 Å². The molecule has 1 saturated heterocycles. The van der Waals surface area contributed by atoms with Crippen molar-refractivity contribution < 1.29 is 14.7 Å². The van der Waals surface area contributed by atoms with Crippen LogP contribution in [0.25, 0.3) is 0 Å². The van der Waals surface area contributed by atoms with Crippen molar-refractivity contribution in [3.8, 4) is 0 Å². The van der Waals surface area contributed by atoms with Gasteiger partial charge in [-0.15, -0.1) is 0 Å². The van der Waals surface area contributed by atoms with E-state index in [-0.39, 0.29) is 24.5 Å². The Morgan fingerprint density at radius 2 is 2.00 bits per heavy atom. The molecule has 0 bridgehead atoms. The van der Waals surface area contributed by atoms with Crippen LogP contribution in [0.15, 0.2) is 0 Å². The van der Waals surface area contributed by atoms with E-state index in [4.69, 9.17) is 5.11 Å². The number of likely N-dealkylation sites (tertiary alicyclic amines) is 1. The normalized spacial score (nSPS) is 19.6. The van der Waals surface area contributed by atoms with Crippen LogP contribution in [0.2, 0.25) is 0 Å². The molecule has 0 aromatic carbocycles. The summed E-state index contributed by atoms with van der Waals surface area (Å²) in [6, 6.07) is 0.292. The molecule has 1 aliphatic heterocycles. The smallest absolute Gasteiger partial charge is 0.320 e. The van der Waals surface area contributed by atoms with E-state index in [1.807, 2.05) is 25.7 Å². The zero-order valence-corrected chi connectivity index (χ0v) is 12.5. The average Bonchev–Trinajstić information content (AvgIpc) is 2.74. The van der Waals surface area contributed by atoms with Gasteiger partial charge >= 0.3 is 12.0 Å². The lowest BCUT2D eigenvalue weighted by molar-refractivity contribution is -0.137. The Hall–Kier alpha value is -1.26. The number of rotatable bonds is 4. The van der Waals surface area contributed by atoms with Gasteiger partial charge in [0.2, 0.25) is 0 Å². The van der Waals surface area contributed by atoms with Crippen LogP contribution in [0.5, 0.6) is 0 Å². The lowest BCUT2D eigenvalue weighted by Crippen LogP contribution is -2.53. The molecule has 0 spiro atoms. The van der Waals surface area contributed by atoms with Crippen LogP contribution in [0.4, 0.5) is 4.79 Å². The summed E-state index contributed by atoms with van der Waals surface area (Å²) in [6.07, 6.45) is 3.05. The topological polar surface area (TPSA) is 60.9 Å². The van der Waals surface area contributed by atoms with Gasteiger partial charge in [0.25, 0.3) is 0 Å². The summed E-state index contributed by atoms with van der Waals surface area (Å²) in [5.41, 5.74) is -0.354. The zero-order chi connectivity index (χ0) is 14.6. The van der Waals surface area contributed by atoms with Crippen molar-refractivity contribution in [1.29, 1.82) is 0 Å². The van der Waals surface area contributed by atoms with E-state index in [2.05, 4.69) is 6.92 Å². The second kappa shape index (κ2) is 6.26. The summed E-state index contributed by atoms with van der Waals surface area (Å²) < 4.78 is 0. The minimum atomic E-state index is -0.865. The highest BCUT2D eigenvalue weighted by Gasteiger charge is 2.35. The molecule has 1 heterocycles. The molecule has 5 heteroatoms. The Labute approximate surface area is 115 Å². The van der Waals surface area contributed by atoms with Crippen molar-refractivity contribution in [2.24, 2.45) is 0 Å². The summed E-state index contributed by atoms with van der Waals surface area (Å²) in [4.78, 5) is 27.0. The van der Waals surface area contributed by atoms with Gasteiger partial charge in [-0.25, -0.2) is 4.79 Å². The quantitative estimate of drug-likeness (QED) is 0.854. The van der Waals surface area contributed by atoms with Gasteiger partial charge in [0.05, 0.1) is 6.42 Å². The predicted molar refractivity (Wildman–Crippen MR) is 74.1 cm³/mol. The van der Waals surface area contributed by atoms with Crippen molar-refractivity contribution in [3.63, 3.8) is 0 Å². The number of hydrogen-bond donors (Lipinski definition) is 1. The lowest BCUT2D eigenvalue weighted by atomic mass is 10.1. The van der Waals surface area contributed by atoms with Gasteiger partial charge in [0.1, 0.15) is 0 Å². The monoisotopic (exact) mass is 270 g/mol. The molecule has 5 nitrogen and oxygen atoms in total. The third-order valence-electron chi connectivity index (χ3n) is 3.68. The number of carbonyl (C=O) groups is 2. The third kappa shape index (κ3) is 4.11. The van der Waals surface area contributed by atoms with Crippen LogP contribution in [0.1, 0.15) is 53.4 Å². The standard InChI is InChI=1S/C14H26N2O3/c1-5-11-7-6-9-15(11)13(19)16(14(2,3)4)10-8-12(17)18/h11H,5-10H2,1-4H3,(H,17,18). The number of hydrogen-bond acceptors (Lipinski definition) is 2. The Morgan fingerprint density at radius 1 is 1.37 bits per heavy atom. The predicted octanol–water partition coefficient (Wildman–Crippen LogP) is 2.56. The number of nitrogens with zero attached hydrogens (tertiary/aromatic N) is 2. The maximum Gasteiger partial charge on any atom is 0.320 e.